The number of pyridine rings is 1. The van der Waals surface area contributed by atoms with Crippen LogP contribution >= 0.6 is 11.8 Å². The van der Waals surface area contributed by atoms with Crippen molar-refractivity contribution in [2.75, 3.05) is 12.3 Å². The van der Waals surface area contributed by atoms with Gasteiger partial charge in [0.25, 0.3) is 0 Å². The van der Waals surface area contributed by atoms with Gasteiger partial charge in [-0.2, -0.15) is 0 Å². The van der Waals surface area contributed by atoms with Crippen molar-refractivity contribution in [1.82, 2.24) is 9.88 Å². The second-order valence-corrected chi connectivity index (χ2v) is 8.20. The summed E-state index contributed by atoms with van der Waals surface area (Å²) < 4.78 is 0. The molecule has 1 saturated carbocycles. The van der Waals surface area contributed by atoms with E-state index in [1.807, 2.05) is 18.2 Å². The van der Waals surface area contributed by atoms with E-state index in [4.69, 9.17) is 0 Å². The third kappa shape index (κ3) is 5.06. The summed E-state index contributed by atoms with van der Waals surface area (Å²) >= 11 is 1.63. The summed E-state index contributed by atoms with van der Waals surface area (Å²) in [4.78, 5) is 31.7. The highest BCUT2D eigenvalue weighted by molar-refractivity contribution is 7.99. The molecule has 2 fully saturated rings. The lowest BCUT2D eigenvalue weighted by Gasteiger charge is -2.37. The highest BCUT2D eigenvalue weighted by Gasteiger charge is 2.36. The molecule has 1 aliphatic heterocycles. The van der Waals surface area contributed by atoms with Crippen LogP contribution in [0.25, 0.3) is 0 Å². The molecule has 0 bridgehead atoms. The van der Waals surface area contributed by atoms with Gasteiger partial charge in [0.05, 0.1) is 5.03 Å². The van der Waals surface area contributed by atoms with Gasteiger partial charge in [-0.1, -0.05) is 25.3 Å². The van der Waals surface area contributed by atoms with Gasteiger partial charge in [0.1, 0.15) is 5.78 Å². The Morgan fingerprint density at radius 2 is 2.04 bits per heavy atom. The van der Waals surface area contributed by atoms with E-state index in [0.717, 1.165) is 55.8 Å². The van der Waals surface area contributed by atoms with Crippen molar-refractivity contribution in [2.24, 2.45) is 5.92 Å². The highest BCUT2D eigenvalue weighted by atomic mass is 32.2. The summed E-state index contributed by atoms with van der Waals surface area (Å²) in [6.45, 7) is 0.821. The fourth-order valence-corrected chi connectivity index (χ4v) is 4.89. The minimum Gasteiger partial charge on any atom is -0.339 e. The number of hydrogen-bond donors (Lipinski definition) is 0. The monoisotopic (exact) mass is 360 g/mol. The molecular weight excluding hydrogens is 332 g/mol. The van der Waals surface area contributed by atoms with Gasteiger partial charge < -0.3 is 4.90 Å². The Kier molecular flexibility index (Phi) is 6.91. The van der Waals surface area contributed by atoms with E-state index < -0.39 is 0 Å². The maximum Gasteiger partial charge on any atom is 0.223 e. The number of carbonyl (C=O) groups is 2. The van der Waals surface area contributed by atoms with Crippen molar-refractivity contribution in [3.05, 3.63) is 24.4 Å². The molecule has 2 unspecified atom stereocenters. The first-order chi connectivity index (χ1) is 12.3. The Hall–Kier alpha value is -1.36. The van der Waals surface area contributed by atoms with Gasteiger partial charge in [0.15, 0.2) is 0 Å². The van der Waals surface area contributed by atoms with Crippen molar-refractivity contribution in [2.45, 2.75) is 68.9 Å². The lowest BCUT2D eigenvalue weighted by molar-refractivity contribution is -0.137. The molecule has 0 N–H and O–H groups in total. The topological polar surface area (TPSA) is 50.3 Å². The van der Waals surface area contributed by atoms with Gasteiger partial charge in [-0.05, 0) is 37.8 Å². The summed E-state index contributed by atoms with van der Waals surface area (Å²) in [5.41, 5.74) is 0. The smallest absolute Gasteiger partial charge is 0.223 e. The van der Waals surface area contributed by atoms with Crippen LogP contribution in [0.4, 0.5) is 0 Å². The third-order valence-electron chi connectivity index (χ3n) is 5.39. The zero-order valence-corrected chi connectivity index (χ0v) is 15.7. The van der Waals surface area contributed by atoms with Crippen molar-refractivity contribution in [3.63, 3.8) is 0 Å². The summed E-state index contributed by atoms with van der Waals surface area (Å²) in [5.74, 6) is 1.43. The number of thioether (sulfide) groups is 1. The highest BCUT2D eigenvalue weighted by Crippen LogP contribution is 2.32. The number of rotatable bonds is 5. The van der Waals surface area contributed by atoms with Crippen LogP contribution in [0.2, 0.25) is 0 Å². The molecule has 2 heterocycles. The Balaban J connectivity index is 1.59. The first-order valence-electron chi connectivity index (χ1n) is 9.62. The number of carbonyl (C=O) groups excluding carboxylic acids is 2. The van der Waals surface area contributed by atoms with Crippen LogP contribution in [0.5, 0.6) is 0 Å². The average molecular weight is 361 g/mol. The normalized spacial score (nSPS) is 24.8. The van der Waals surface area contributed by atoms with E-state index in [2.05, 4.69) is 9.88 Å². The van der Waals surface area contributed by atoms with Crippen LogP contribution in [-0.2, 0) is 9.59 Å². The van der Waals surface area contributed by atoms with Crippen molar-refractivity contribution < 1.29 is 9.59 Å². The minimum absolute atomic E-state index is 0.0826. The Morgan fingerprint density at radius 1 is 1.16 bits per heavy atom. The number of ketones is 1. The van der Waals surface area contributed by atoms with E-state index in [1.54, 1.807) is 18.0 Å². The van der Waals surface area contributed by atoms with Gasteiger partial charge in [-0.15, -0.1) is 11.8 Å². The van der Waals surface area contributed by atoms with Crippen molar-refractivity contribution in [1.29, 1.82) is 0 Å². The Bertz CT molecular complexity index is 578. The molecule has 1 aromatic heterocycles. The van der Waals surface area contributed by atoms with Crippen molar-refractivity contribution >= 4 is 23.5 Å². The number of likely N-dealkylation sites (tertiary alicyclic amines) is 1. The van der Waals surface area contributed by atoms with Gasteiger partial charge >= 0.3 is 0 Å². The van der Waals surface area contributed by atoms with E-state index in [1.165, 1.54) is 6.42 Å². The van der Waals surface area contributed by atoms with Gasteiger partial charge in [-0.3, -0.25) is 9.59 Å². The molecular formula is C20H28N2O2S. The quantitative estimate of drug-likeness (QED) is 0.742. The molecule has 1 amide bonds. The minimum atomic E-state index is 0.0826. The molecule has 3 rings (SSSR count). The number of hydrogen-bond acceptors (Lipinski definition) is 4. The Labute approximate surface area is 154 Å². The second kappa shape index (κ2) is 9.37. The van der Waals surface area contributed by atoms with Crippen LogP contribution in [-0.4, -0.2) is 39.9 Å². The third-order valence-corrected chi connectivity index (χ3v) is 6.34. The van der Waals surface area contributed by atoms with Crippen molar-refractivity contribution in [3.8, 4) is 0 Å². The predicted octanol–water partition coefficient (Wildman–Crippen LogP) is 4.09. The van der Waals surface area contributed by atoms with Crippen LogP contribution in [0.3, 0.4) is 0 Å². The van der Waals surface area contributed by atoms with E-state index >= 15 is 0 Å². The number of aromatic nitrogens is 1. The SMILES string of the molecule is O=C1CCCCC1C1CCCCCN1C(=O)CCSc1ccccn1. The summed E-state index contributed by atoms with van der Waals surface area (Å²) in [7, 11) is 0. The first kappa shape index (κ1) is 18.4. The maximum absolute atomic E-state index is 12.9. The summed E-state index contributed by atoms with van der Waals surface area (Å²) in [6, 6.07) is 5.99. The van der Waals surface area contributed by atoms with Crippen LogP contribution in [0.15, 0.2) is 29.4 Å². The van der Waals surface area contributed by atoms with Crippen LogP contribution in [0.1, 0.15) is 57.8 Å². The fourth-order valence-electron chi connectivity index (χ4n) is 4.10. The molecule has 2 atom stereocenters. The summed E-state index contributed by atoms with van der Waals surface area (Å²) in [5, 5.41) is 0.963. The first-order valence-corrected chi connectivity index (χ1v) is 10.6. The lowest BCUT2D eigenvalue weighted by Crippen LogP contribution is -2.47. The fraction of sp³-hybridized carbons (Fsp3) is 0.650. The molecule has 1 aliphatic carbocycles. The largest absolute Gasteiger partial charge is 0.339 e. The molecule has 1 aromatic rings. The molecule has 0 radical (unpaired) electrons. The van der Waals surface area contributed by atoms with Gasteiger partial charge in [-0.25, -0.2) is 4.98 Å². The zero-order valence-electron chi connectivity index (χ0n) is 14.9. The summed E-state index contributed by atoms with van der Waals surface area (Å²) in [6.07, 6.45) is 10.5. The van der Waals surface area contributed by atoms with Crippen LogP contribution in [0, 0.1) is 5.92 Å². The second-order valence-electron chi connectivity index (χ2n) is 7.09. The lowest BCUT2D eigenvalue weighted by atomic mass is 9.80. The van der Waals surface area contributed by atoms with E-state index in [-0.39, 0.29) is 17.9 Å². The van der Waals surface area contributed by atoms with Crippen LogP contribution < -0.4 is 0 Å². The van der Waals surface area contributed by atoms with E-state index in [0.29, 0.717) is 18.6 Å². The predicted molar refractivity (Wildman–Crippen MR) is 101 cm³/mol. The standard InChI is InChI=1S/C20H28N2O2S/c23-18-10-4-3-8-16(18)17-9-2-1-7-14-22(17)20(24)12-15-25-19-11-5-6-13-21-19/h5-6,11,13,16-17H,1-4,7-10,12,14-15H2. The average Bonchev–Trinajstić information content (AvgIpc) is 2.89. The van der Waals surface area contributed by atoms with Gasteiger partial charge in [0, 0.05) is 43.3 Å². The zero-order chi connectivity index (χ0) is 17.5. The van der Waals surface area contributed by atoms with E-state index in [9.17, 15) is 9.59 Å². The molecule has 2 aliphatic rings. The molecule has 136 valence electrons. The molecule has 4 nitrogen and oxygen atoms in total. The molecule has 0 aromatic carbocycles. The number of nitrogens with zero attached hydrogens (tertiary/aromatic N) is 2. The molecule has 0 spiro atoms. The maximum atomic E-state index is 12.9. The molecule has 1 saturated heterocycles. The molecule has 25 heavy (non-hydrogen) atoms. The molecule has 5 heteroatoms. The number of amides is 1. The van der Waals surface area contributed by atoms with Gasteiger partial charge in [0.2, 0.25) is 5.91 Å². The number of Topliss-reactive ketones (excluding diaryl/α,β-unsaturated/α-hetero) is 1. The Morgan fingerprint density at radius 3 is 2.84 bits per heavy atom.